The van der Waals surface area contributed by atoms with Crippen LogP contribution in [0.25, 0.3) is 0 Å². The van der Waals surface area contributed by atoms with Gasteiger partial charge in [-0.1, -0.05) is 6.07 Å². The number of nitrogens with zero attached hydrogens (tertiary/aromatic N) is 3. The Balaban J connectivity index is 1.99. The van der Waals surface area contributed by atoms with Crippen LogP contribution in [0.1, 0.15) is 36.6 Å². The van der Waals surface area contributed by atoms with Crippen molar-refractivity contribution in [2.24, 2.45) is 0 Å². The highest BCUT2D eigenvalue weighted by molar-refractivity contribution is 5.77. The number of ether oxygens (including phenoxy) is 1. The minimum absolute atomic E-state index is 0.0370. The second kappa shape index (κ2) is 8.78. The molecule has 1 saturated heterocycles. The number of piperidine rings is 1. The maximum atomic E-state index is 12.0. The van der Waals surface area contributed by atoms with Crippen LogP contribution in [0.15, 0.2) is 18.2 Å². The lowest BCUT2D eigenvalue weighted by atomic mass is 9.94. The second-order valence-electron chi connectivity index (χ2n) is 6.45. The smallest absolute Gasteiger partial charge is 0.248 e. The van der Waals surface area contributed by atoms with E-state index >= 15 is 0 Å². The molecule has 0 saturated carbocycles. The van der Waals surface area contributed by atoms with E-state index in [4.69, 9.17) is 9.72 Å². The lowest BCUT2D eigenvalue weighted by Gasteiger charge is -2.32. The van der Waals surface area contributed by atoms with Crippen molar-refractivity contribution < 1.29 is 14.3 Å². The second-order valence-corrected chi connectivity index (χ2v) is 6.45. The largest absolute Gasteiger partial charge is 0.375 e. The number of aryl methyl sites for hydroxylation is 1. The fraction of sp³-hybridized carbons (Fsp3) is 0.611. The molecule has 0 aliphatic carbocycles. The first-order chi connectivity index (χ1) is 11.5. The van der Waals surface area contributed by atoms with Crippen LogP contribution in [-0.4, -0.2) is 67.5 Å². The highest BCUT2D eigenvalue weighted by Gasteiger charge is 2.25. The molecule has 0 radical (unpaired) electrons. The van der Waals surface area contributed by atoms with E-state index in [9.17, 15) is 9.59 Å². The van der Waals surface area contributed by atoms with Crippen molar-refractivity contribution in [1.29, 1.82) is 0 Å². The molecule has 0 bridgehead atoms. The van der Waals surface area contributed by atoms with Gasteiger partial charge in [-0.15, -0.1) is 0 Å². The molecule has 0 unspecified atom stereocenters. The van der Waals surface area contributed by atoms with Crippen molar-refractivity contribution in [1.82, 2.24) is 14.8 Å². The summed E-state index contributed by atoms with van der Waals surface area (Å²) in [7, 11) is 5.07. The van der Waals surface area contributed by atoms with Crippen LogP contribution >= 0.6 is 0 Å². The van der Waals surface area contributed by atoms with Crippen molar-refractivity contribution in [3.63, 3.8) is 0 Å². The Morgan fingerprint density at radius 1 is 1.38 bits per heavy atom. The maximum Gasteiger partial charge on any atom is 0.248 e. The number of methoxy groups -OCH3 is 1. The Kier molecular flexibility index (Phi) is 6.73. The van der Waals surface area contributed by atoms with Crippen LogP contribution < -0.4 is 0 Å². The van der Waals surface area contributed by atoms with Crippen molar-refractivity contribution in [2.45, 2.75) is 31.6 Å². The van der Waals surface area contributed by atoms with Crippen LogP contribution in [0.4, 0.5) is 0 Å². The van der Waals surface area contributed by atoms with E-state index in [2.05, 4.69) is 0 Å². The molecule has 2 amide bonds. The maximum absolute atomic E-state index is 12.0. The number of rotatable bonds is 6. The van der Waals surface area contributed by atoms with E-state index < -0.39 is 0 Å². The normalized spacial score (nSPS) is 17.6. The van der Waals surface area contributed by atoms with E-state index in [0.717, 1.165) is 30.8 Å². The first kappa shape index (κ1) is 18.4. The summed E-state index contributed by atoms with van der Waals surface area (Å²) in [5, 5.41) is 0. The summed E-state index contributed by atoms with van der Waals surface area (Å²) in [6, 6.07) is 5.98. The highest BCUT2D eigenvalue weighted by Crippen LogP contribution is 2.26. The first-order valence-corrected chi connectivity index (χ1v) is 8.44. The Labute approximate surface area is 143 Å². The molecule has 0 aromatic carbocycles. The van der Waals surface area contributed by atoms with Crippen molar-refractivity contribution in [3.8, 4) is 0 Å². The predicted octanol–water partition coefficient (Wildman–Crippen LogP) is 1.45. The monoisotopic (exact) mass is 333 g/mol. The number of hydrogen-bond donors (Lipinski definition) is 0. The third-order valence-corrected chi connectivity index (χ3v) is 4.38. The lowest BCUT2D eigenvalue weighted by molar-refractivity contribution is -0.136. The molecule has 2 rings (SSSR count). The fourth-order valence-corrected chi connectivity index (χ4v) is 2.98. The van der Waals surface area contributed by atoms with Gasteiger partial charge >= 0.3 is 0 Å². The number of hydrogen-bond acceptors (Lipinski definition) is 4. The minimum atomic E-state index is 0.0370. The van der Waals surface area contributed by atoms with Crippen molar-refractivity contribution in [3.05, 3.63) is 29.6 Å². The average Bonchev–Trinajstić information content (AvgIpc) is 2.60. The number of carbonyl (C=O) groups is 2. The molecule has 24 heavy (non-hydrogen) atoms. The van der Waals surface area contributed by atoms with Gasteiger partial charge in [0, 0.05) is 58.0 Å². The van der Waals surface area contributed by atoms with Gasteiger partial charge in [-0.25, -0.2) is 0 Å². The van der Waals surface area contributed by atoms with Crippen LogP contribution in [0.2, 0.25) is 0 Å². The number of aromatic nitrogens is 1. The van der Waals surface area contributed by atoms with Gasteiger partial charge in [0.1, 0.15) is 6.61 Å². The molecule has 1 aromatic heterocycles. The zero-order chi connectivity index (χ0) is 17.5. The SMILES string of the molecule is COCC(=O)N1CCC[C@@H](c2cccc(CCC(=O)N(C)C)n2)C1. The van der Waals surface area contributed by atoms with Gasteiger partial charge in [-0.05, 0) is 31.4 Å². The van der Waals surface area contributed by atoms with E-state index in [0.29, 0.717) is 19.4 Å². The molecular formula is C18H27N3O3. The third-order valence-electron chi connectivity index (χ3n) is 4.38. The van der Waals surface area contributed by atoms with Gasteiger partial charge in [-0.3, -0.25) is 14.6 Å². The summed E-state index contributed by atoms with van der Waals surface area (Å²) in [5.74, 6) is 0.398. The number of likely N-dealkylation sites (tertiary alicyclic amines) is 1. The van der Waals surface area contributed by atoms with Crippen LogP contribution in [0, 0.1) is 0 Å². The lowest BCUT2D eigenvalue weighted by Crippen LogP contribution is -2.41. The van der Waals surface area contributed by atoms with Crippen LogP contribution in [0.3, 0.4) is 0 Å². The van der Waals surface area contributed by atoms with Gasteiger partial charge in [0.15, 0.2) is 0 Å². The zero-order valence-electron chi connectivity index (χ0n) is 14.8. The minimum Gasteiger partial charge on any atom is -0.375 e. The number of pyridine rings is 1. The van der Waals surface area contributed by atoms with E-state index in [1.165, 1.54) is 0 Å². The first-order valence-electron chi connectivity index (χ1n) is 8.44. The molecule has 132 valence electrons. The topological polar surface area (TPSA) is 62.7 Å². The molecule has 6 nitrogen and oxygen atoms in total. The molecular weight excluding hydrogens is 306 g/mol. The Morgan fingerprint density at radius 3 is 2.88 bits per heavy atom. The molecule has 1 fully saturated rings. The number of amides is 2. The molecule has 1 aromatic rings. The van der Waals surface area contributed by atoms with Crippen molar-refractivity contribution >= 4 is 11.8 Å². The zero-order valence-corrected chi connectivity index (χ0v) is 14.8. The van der Waals surface area contributed by atoms with Gasteiger partial charge in [0.05, 0.1) is 0 Å². The summed E-state index contributed by atoms with van der Waals surface area (Å²) < 4.78 is 4.95. The van der Waals surface area contributed by atoms with Gasteiger partial charge in [0.25, 0.3) is 0 Å². The van der Waals surface area contributed by atoms with E-state index in [-0.39, 0.29) is 24.3 Å². The van der Waals surface area contributed by atoms with Gasteiger partial charge < -0.3 is 14.5 Å². The standard InChI is InChI=1S/C18H27N3O3/c1-20(2)17(22)10-9-15-7-4-8-16(19-15)14-6-5-11-21(12-14)18(23)13-24-3/h4,7-8,14H,5-6,9-13H2,1-3H3/t14-/m1/s1. The molecule has 1 atom stereocenters. The molecule has 1 aliphatic rings. The molecule has 0 spiro atoms. The fourth-order valence-electron chi connectivity index (χ4n) is 2.98. The summed E-state index contributed by atoms with van der Waals surface area (Å²) in [4.78, 5) is 31.9. The summed E-state index contributed by atoms with van der Waals surface area (Å²) >= 11 is 0. The molecule has 6 heteroatoms. The highest BCUT2D eigenvalue weighted by atomic mass is 16.5. The van der Waals surface area contributed by atoms with Gasteiger partial charge in [0.2, 0.25) is 11.8 Å². The number of carbonyl (C=O) groups excluding carboxylic acids is 2. The Morgan fingerprint density at radius 2 is 2.17 bits per heavy atom. The average molecular weight is 333 g/mol. The summed E-state index contributed by atoms with van der Waals surface area (Å²) in [5.41, 5.74) is 1.95. The molecule has 0 N–H and O–H groups in total. The predicted molar refractivity (Wildman–Crippen MR) is 91.7 cm³/mol. The summed E-state index contributed by atoms with van der Waals surface area (Å²) in [6.45, 7) is 1.61. The van der Waals surface area contributed by atoms with Crippen LogP contribution in [0.5, 0.6) is 0 Å². The Hall–Kier alpha value is -1.95. The van der Waals surface area contributed by atoms with E-state index in [1.54, 1.807) is 26.1 Å². The Bertz CT molecular complexity index is 574. The summed E-state index contributed by atoms with van der Waals surface area (Å²) in [6.07, 6.45) is 3.12. The molecule has 1 aliphatic heterocycles. The van der Waals surface area contributed by atoms with Crippen LogP contribution in [-0.2, 0) is 20.7 Å². The van der Waals surface area contributed by atoms with Crippen molar-refractivity contribution in [2.75, 3.05) is 40.9 Å². The quantitative estimate of drug-likeness (QED) is 0.790. The van der Waals surface area contributed by atoms with E-state index in [1.807, 2.05) is 23.1 Å². The molecule has 2 heterocycles. The third kappa shape index (κ3) is 5.03. The van der Waals surface area contributed by atoms with Gasteiger partial charge in [-0.2, -0.15) is 0 Å².